The van der Waals surface area contributed by atoms with Gasteiger partial charge in [0.1, 0.15) is 6.54 Å². The lowest BCUT2D eigenvalue weighted by atomic mass is 10.2. The Morgan fingerprint density at radius 2 is 1.71 bits per heavy atom. The van der Waals surface area contributed by atoms with Gasteiger partial charge in [-0.1, -0.05) is 36.5 Å². The molecule has 1 aliphatic rings. The van der Waals surface area contributed by atoms with Crippen LogP contribution in [0.15, 0.2) is 65.7 Å². The van der Waals surface area contributed by atoms with Gasteiger partial charge in [-0.2, -0.15) is 0 Å². The molecule has 0 radical (unpaired) electrons. The normalized spacial score (nSPS) is 13.9. The van der Waals surface area contributed by atoms with Crippen LogP contribution in [-0.2, 0) is 24.3 Å². The van der Waals surface area contributed by atoms with E-state index in [4.69, 9.17) is 32.7 Å². The predicted molar refractivity (Wildman–Crippen MR) is 159 cm³/mol. The van der Waals surface area contributed by atoms with Crippen molar-refractivity contribution in [2.24, 2.45) is 0 Å². The number of anilines is 2. The molecule has 0 unspecified atom stereocenters. The summed E-state index contributed by atoms with van der Waals surface area (Å²) < 4.78 is 41.2. The van der Waals surface area contributed by atoms with Crippen LogP contribution in [0.25, 0.3) is 16.7 Å². The maximum atomic E-state index is 13.8. The molecule has 0 spiro atoms. The van der Waals surface area contributed by atoms with Crippen LogP contribution < -0.4 is 9.21 Å². The van der Waals surface area contributed by atoms with Crippen molar-refractivity contribution in [3.63, 3.8) is 0 Å². The van der Waals surface area contributed by atoms with Crippen LogP contribution in [0.4, 0.5) is 11.5 Å². The number of hydrogen-bond donors (Lipinski definition) is 0. The first-order valence-electron chi connectivity index (χ1n) is 13.2. The number of unbranched alkanes of at least 4 members (excludes halogenated alkanes) is 1. The number of aromatic nitrogens is 3. The van der Waals surface area contributed by atoms with Crippen LogP contribution in [0.5, 0.6) is 0 Å². The minimum absolute atomic E-state index is 0.135. The number of nitrogens with zero attached hydrogens (tertiary/aromatic N) is 5. The molecule has 1 aliphatic heterocycles. The summed E-state index contributed by atoms with van der Waals surface area (Å²) in [6, 6.07) is 14.8. The molecule has 2 aromatic carbocycles. The lowest BCUT2D eigenvalue weighted by Crippen LogP contribution is -2.36. The number of esters is 1. The van der Waals surface area contributed by atoms with Crippen molar-refractivity contribution in [2.45, 2.75) is 24.7 Å². The van der Waals surface area contributed by atoms with E-state index in [1.807, 2.05) is 35.9 Å². The Bertz CT molecular complexity index is 1620. The second-order valence-corrected chi connectivity index (χ2v) is 12.2. The molecule has 0 aliphatic carbocycles. The highest BCUT2D eigenvalue weighted by Crippen LogP contribution is 2.31. The SMILES string of the molecule is CCCCOC(=O)CN(c1ccc2c(ccn2-c2ccc(N3CCOCC3)nn2)c1)S(=O)(=O)c1cc(Cl)cc(Cl)c1. The summed E-state index contributed by atoms with van der Waals surface area (Å²) in [5.41, 5.74) is 1.07. The summed E-state index contributed by atoms with van der Waals surface area (Å²) >= 11 is 12.2. The number of morpholine rings is 1. The Balaban J connectivity index is 1.47. The topological polar surface area (TPSA) is 107 Å². The number of rotatable bonds is 10. The minimum atomic E-state index is -4.23. The molecule has 0 amide bonds. The zero-order valence-electron chi connectivity index (χ0n) is 22.4. The van der Waals surface area contributed by atoms with E-state index in [0.29, 0.717) is 25.5 Å². The van der Waals surface area contributed by atoms with Crippen molar-refractivity contribution in [1.82, 2.24) is 14.8 Å². The zero-order chi connectivity index (χ0) is 29.0. The monoisotopic (exact) mass is 617 g/mol. The van der Waals surface area contributed by atoms with Gasteiger partial charge in [0.25, 0.3) is 10.0 Å². The number of fused-ring (bicyclic) bond motifs is 1. The van der Waals surface area contributed by atoms with E-state index in [1.54, 1.807) is 18.2 Å². The van der Waals surface area contributed by atoms with E-state index >= 15 is 0 Å². The molecule has 0 bridgehead atoms. The van der Waals surface area contributed by atoms with Crippen molar-refractivity contribution < 1.29 is 22.7 Å². The molecule has 10 nitrogen and oxygen atoms in total. The van der Waals surface area contributed by atoms with E-state index in [1.165, 1.54) is 18.2 Å². The lowest BCUT2D eigenvalue weighted by Gasteiger charge is -2.27. The van der Waals surface area contributed by atoms with E-state index in [0.717, 1.165) is 40.5 Å². The third-order valence-corrected chi connectivity index (χ3v) is 8.83. The molecule has 4 aromatic rings. The fourth-order valence-corrected chi connectivity index (χ4v) is 6.63. The van der Waals surface area contributed by atoms with E-state index in [2.05, 4.69) is 15.1 Å². The van der Waals surface area contributed by atoms with Gasteiger partial charge in [0, 0.05) is 34.7 Å². The maximum absolute atomic E-state index is 13.8. The van der Waals surface area contributed by atoms with Gasteiger partial charge >= 0.3 is 5.97 Å². The van der Waals surface area contributed by atoms with Crippen molar-refractivity contribution in [1.29, 1.82) is 0 Å². The molecule has 13 heteroatoms. The quantitative estimate of drug-likeness (QED) is 0.179. The Hall–Kier alpha value is -3.38. The minimum Gasteiger partial charge on any atom is -0.464 e. The Morgan fingerprint density at radius 1 is 1.00 bits per heavy atom. The number of carbonyl (C=O) groups excluding carboxylic acids is 1. The van der Waals surface area contributed by atoms with Crippen molar-refractivity contribution >= 4 is 61.6 Å². The molecule has 0 N–H and O–H groups in total. The summed E-state index contributed by atoms with van der Waals surface area (Å²) in [7, 11) is -4.23. The highest BCUT2D eigenvalue weighted by Gasteiger charge is 2.29. The van der Waals surface area contributed by atoms with E-state index in [-0.39, 0.29) is 27.2 Å². The number of sulfonamides is 1. The number of carbonyl (C=O) groups is 1. The number of benzene rings is 2. The Labute approximate surface area is 248 Å². The van der Waals surface area contributed by atoms with Crippen LogP contribution in [0.3, 0.4) is 0 Å². The molecule has 1 fully saturated rings. The fourth-order valence-electron chi connectivity index (χ4n) is 4.51. The largest absolute Gasteiger partial charge is 0.464 e. The molecular weight excluding hydrogens is 589 g/mol. The van der Waals surface area contributed by atoms with Gasteiger partial charge in [0.05, 0.1) is 35.9 Å². The van der Waals surface area contributed by atoms with Crippen LogP contribution in [0, 0.1) is 0 Å². The average Bonchev–Trinajstić information content (AvgIpc) is 3.39. The van der Waals surface area contributed by atoms with Gasteiger partial charge < -0.3 is 14.4 Å². The van der Waals surface area contributed by atoms with Gasteiger partial charge in [-0.3, -0.25) is 13.7 Å². The van der Waals surface area contributed by atoms with Crippen LogP contribution in [-0.4, -0.2) is 68.6 Å². The number of halogens is 2. The summed E-state index contributed by atoms with van der Waals surface area (Å²) in [4.78, 5) is 14.7. The molecule has 3 heterocycles. The molecule has 2 aromatic heterocycles. The summed E-state index contributed by atoms with van der Waals surface area (Å²) in [5.74, 6) is 0.731. The molecule has 0 atom stereocenters. The summed E-state index contributed by atoms with van der Waals surface area (Å²) in [6.07, 6.45) is 3.35. The molecule has 216 valence electrons. The Morgan fingerprint density at radius 3 is 2.39 bits per heavy atom. The fraction of sp³-hybridized carbons (Fsp3) is 0.321. The maximum Gasteiger partial charge on any atom is 0.326 e. The van der Waals surface area contributed by atoms with Crippen molar-refractivity contribution in [2.75, 3.05) is 48.7 Å². The van der Waals surface area contributed by atoms with Gasteiger partial charge in [-0.05, 0) is 61.0 Å². The number of ether oxygens (including phenoxy) is 2. The van der Waals surface area contributed by atoms with Gasteiger partial charge in [-0.15, -0.1) is 10.2 Å². The first-order valence-corrected chi connectivity index (χ1v) is 15.4. The molecule has 0 saturated carbocycles. The first-order chi connectivity index (χ1) is 19.8. The smallest absolute Gasteiger partial charge is 0.326 e. The Kier molecular flexibility index (Phi) is 8.98. The van der Waals surface area contributed by atoms with Crippen LogP contribution in [0.2, 0.25) is 10.0 Å². The summed E-state index contributed by atoms with van der Waals surface area (Å²) in [5, 5.41) is 9.87. The van der Waals surface area contributed by atoms with Gasteiger partial charge in [0.2, 0.25) is 0 Å². The highest BCUT2D eigenvalue weighted by molar-refractivity contribution is 7.92. The molecule has 41 heavy (non-hydrogen) atoms. The lowest BCUT2D eigenvalue weighted by molar-refractivity contribution is -0.141. The summed E-state index contributed by atoms with van der Waals surface area (Å²) in [6.45, 7) is 4.49. The third-order valence-electron chi connectivity index (χ3n) is 6.64. The standard InChI is InChI=1S/C28H29Cl2N5O5S/c1-2-3-12-40-28(36)19-35(41(37,38)24-17-21(29)16-22(30)18-24)23-4-5-25-20(15-23)8-9-34(25)27-7-6-26(31-32-27)33-10-13-39-14-11-33/h4-9,15-18H,2-3,10-14,19H2,1H3. The first kappa shape index (κ1) is 29.1. The van der Waals surface area contributed by atoms with Gasteiger partial charge in [-0.25, -0.2) is 8.42 Å². The molecule has 1 saturated heterocycles. The second kappa shape index (κ2) is 12.6. The van der Waals surface area contributed by atoms with Gasteiger partial charge in [0.15, 0.2) is 11.6 Å². The van der Waals surface area contributed by atoms with E-state index in [9.17, 15) is 13.2 Å². The highest BCUT2D eigenvalue weighted by atomic mass is 35.5. The average molecular weight is 619 g/mol. The third kappa shape index (κ3) is 6.59. The molecule has 5 rings (SSSR count). The van der Waals surface area contributed by atoms with Crippen LogP contribution >= 0.6 is 23.2 Å². The predicted octanol–water partition coefficient (Wildman–Crippen LogP) is 5.10. The molecular formula is C28H29Cl2N5O5S. The second-order valence-electron chi connectivity index (χ2n) is 9.47. The van der Waals surface area contributed by atoms with Crippen molar-refractivity contribution in [3.8, 4) is 5.82 Å². The number of hydrogen-bond acceptors (Lipinski definition) is 8. The van der Waals surface area contributed by atoms with Crippen LogP contribution in [0.1, 0.15) is 19.8 Å². The van der Waals surface area contributed by atoms with Crippen molar-refractivity contribution in [3.05, 3.63) is 70.8 Å². The van der Waals surface area contributed by atoms with E-state index < -0.39 is 22.5 Å². The zero-order valence-corrected chi connectivity index (χ0v) is 24.7.